The van der Waals surface area contributed by atoms with Crippen molar-refractivity contribution in [2.24, 2.45) is 0 Å². The van der Waals surface area contributed by atoms with Crippen molar-refractivity contribution in [1.29, 1.82) is 0 Å². The van der Waals surface area contributed by atoms with Gasteiger partial charge in [-0.3, -0.25) is 4.79 Å². The van der Waals surface area contributed by atoms with Gasteiger partial charge in [0.25, 0.3) is 5.56 Å². The Balaban J connectivity index is 2.65. The Labute approximate surface area is 110 Å². The molecule has 96 valence electrons. The van der Waals surface area contributed by atoms with Crippen molar-refractivity contribution < 1.29 is 5.11 Å². The smallest absolute Gasteiger partial charge is 0.253 e. The molecule has 17 heavy (non-hydrogen) atoms. The fraction of sp³-hybridized carbons (Fsp3) is 0.583. The number of hydrogen-bond donors (Lipinski definition) is 2. The predicted octanol–water partition coefficient (Wildman–Crippen LogP) is 1.28. The van der Waals surface area contributed by atoms with Crippen LogP contribution in [0.15, 0.2) is 21.5 Å². The number of aromatic nitrogens is 1. The minimum absolute atomic E-state index is 0.0530. The standard InChI is InChI=1S/C12H19BrN2O2/c1-3-4-14-6-11(16)8-15-7-10(13)5-9(2)12(15)17/h5,7,11,14,16H,3-4,6,8H2,1-2H3. The van der Waals surface area contributed by atoms with Crippen molar-refractivity contribution in [2.45, 2.75) is 32.9 Å². The van der Waals surface area contributed by atoms with Crippen LogP contribution in [-0.4, -0.2) is 28.9 Å². The lowest BCUT2D eigenvalue weighted by Gasteiger charge is -2.14. The monoisotopic (exact) mass is 302 g/mol. The van der Waals surface area contributed by atoms with E-state index in [1.54, 1.807) is 19.2 Å². The highest BCUT2D eigenvalue weighted by atomic mass is 79.9. The SMILES string of the molecule is CCCNCC(O)Cn1cc(Br)cc(C)c1=O. The second kappa shape index (κ2) is 6.93. The molecule has 0 bridgehead atoms. The van der Waals surface area contributed by atoms with Crippen LogP contribution in [0, 0.1) is 6.92 Å². The highest BCUT2D eigenvalue weighted by Crippen LogP contribution is 2.08. The average molecular weight is 303 g/mol. The molecule has 0 saturated heterocycles. The average Bonchev–Trinajstić information content (AvgIpc) is 2.25. The molecule has 0 amide bonds. The van der Waals surface area contributed by atoms with Crippen molar-refractivity contribution in [1.82, 2.24) is 9.88 Å². The lowest BCUT2D eigenvalue weighted by molar-refractivity contribution is 0.150. The van der Waals surface area contributed by atoms with Gasteiger partial charge in [-0.25, -0.2) is 0 Å². The Morgan fingerprint density at radius 1 is 1.59 bits per heavy atom. The van der Waals surface area contributed by atoms with Gasteiger partial charge in [0.2, 0.25) is 0 Å². The molecule has 1 unspecified atom stereocenters. The number of aliphatic hydroxyl groups excluding tert-OH is 1. The summed E-state index contributed by atoms with van der Waals surface area (Å²) in [6, 6.07) is 1.78. The van der Waals surface area contributed by atoms with E-state index < -0.39 is 6.10 Å². The van der Waals surface area contributed by atoms with Crippen LogP contribution in [0.1, 0.15) is 18.9 Å². The molecule has 0 fully saturated rings. The van der Waals surface area contributed by atoms with Crippen LogP contribution in [0.5, 0.6) is 0 Å². The van der Waals surface area contributed by atoms with Crippen LogP contribution < -0.4 is 10.9 Å². The Kier molecular flexibility index (Phi) is 5.88. The van der Waals surface area contributed by atoms with E-state index >= 15 is 0 Å². The largest absolute Gasteiger partial charge is 0.390 e. The molecule has 4 nitrogen and oxygen atoms in total. The van der Waals surface area contributed by atoms with Gasteiger partial charge in [0.15, 0.2) is 0 Å². The van der Waals surface area contributed by atoms with Crippen molar-refractivity contribution in [3.63, 3.8) is 0 Å². The van der Waals surface area contributed by atoms with Gasteiger partial charge in [-0.15, -0.1) is 0 Å². The second-order valence-electron chi connectivity index (χ2n) is 4.16. The minimum atomic E-state index is -0.548. The third-order valence-corrected chi connectivity index (χ3v) is 2.88. The van der Waals surface area contributed by atoms with Gasteiger partial charge in [0, 0.05) is 22.8 Å². The van der Waals surface area contributed by atoms with Crippen LogP contribution in [0.4, 0.5) is 0 Å². The topological polar surface area (TPSA) is 54.3 Å². The van der Waals surface area contributed by atoms with Crippen molar-refractivity contribution in [3.05, 3.63) is 32.7 Å². The highest BCUT2D eigenvalue weighted by Gasteiger charge is 2.08. The molecular weight excluding hydrogens is 284 g/mol. The quantitative estimate of drug-likeness (QED) is 0.779. The first-order valence-electron chi connectivity index (χ1n) is 5.80. The van der Waals surface area contributed by atoms with Gasteiger partial charge >= 0.3 is 0 Å². The molecule has 1 aromatic rings. The molecule has 1 aromatic heterocycles. The van der Waals surface area contributed by atoms with Gasteiger partial charge in [-0.2, -0.15) is 0 Å². The van der Waals surface area contributed by atoms with Gasteiger partial charge in [-0.1, -0.05) is 6.92 Å². The van der Waals surface area contributed by atoms with E-state index in [0.29, 0.717) is 18.7 Å². The lowest BCUT2D eigenvalue weighted by atomic mass is 10.3. The van der Waals surface area contributed by atoms with E-state index in [2.05, 4.69) is 28.2 Å². The summed E-state index contributed by atoms with van der Waals surface area (Å²) in [5, 5.41) is 12.9. The number of halogens is 1. The Bertz CT molecular complexity index is 417. The van der Waals surface area contributed by atoms with E-state index in [1.165, 1.54) is 4.57 Å². The number of hydrogen-bond acceptors (Lipinski definition) is 3. The molecule has 0 aliphatic carbocycles. The fourth-order valence-corrected chi connectivity index (χ4v) is 2.20. The molecule has 1 heterocycles. The van der Waals surface area contributed by atoms with Gasteiger partial charge in [-0.05, 0) is 41.9 Å². The summed E-state index contributed by atoms with van der Waals surface area (Å²) in [5.41, 5.74) is 0.621. The first-order valence-corrected chi connectivity index (χ1v) is 6.59. The van der Waals surface area contributed by atoms with Gasteiger partial charge in [0.05, 0.1) is 12.6 Å². The van der Waals surface area contributed by atoms with Crippen molar-refractivity contribution in [3.8, 4) is 0 Å². The maximum Gasteiger partial charge on any atom is 0.253 e. The number of rotatable bonds is 6. The van der Waals surface area contributed by atoms with E-state index in [1.807, 2.05) is 0 Å². The molecule has 5 heteroatoms. The van der Waals surface area contributed by atoms with Crippen LogP contribution >= 0.6 is 15.9 Å². The molecule has 0 aliphatic rings. The maximum atomic E-state index is 11.8. The number of aliphatic hydroxyl groups is 1. The zero-order valence-electron chi connectivity index (χ0n) is 10.2. The summed E-state index contributed by atoms with van der Waals surface area (Å²) in [6.45, 7) is 5.54. The fourth-order valence-electron chi connectivity index (χ4n) is 1.61. The number of aryl methyl sites for hydroxylation is 1. The van der Waals surface area contributed by atoms with Crippen molar-refractivity contribution in [2.75, 3.05) is 13.1 Å². The highest BCUT2D eigenvalue weighted by molar-refractivity contribution is 9.10. The third kappa shape index (κ3) is 4.61. The second-order valence-corrected chi connectivity index (χ2v) is 5.07. The molecular formula is C12H19BrN2O2. The zero-order chi connectivity index (χ0) is 12.8. The number of pyridine rings is 1. The summed E-state index contributed by atoms with van der Waals surface area (Å²) in [7, 11) is 0. The predicted molar refractivity (Wildman–Crippen MR) is 72.3 cm³/mol. The maximum absolute atomic E-state index is 11.8. The third-order valence-electron chi connectivity index (χ3n) is 2.45. The van der Waals surface area contributed by atoms with Gasteiger partial charge in [0.1, 0.15) is 0 Å². The summed E-state index contributed by atoms with van der Waals surface area (Å²) in [5.74, 6) is 0. The molecule has 0 aliphatic heterocycles. The molecule has 0 radical (unpaired) electrons. The Hall–Kier alpha value is -0.650. The van der Waals surface area contributed by atoms with E-state index in [9.17, 15) is 9.90 Å². The molecule has 1 rings (SSSR count). The van der Waals surface area contributed by atoms with E-state index in [4.69, 9.17) is 0 Å². The van der Waals surface area contributed by atoms with Crippen LogP contribution in [0.2, 0.25) is 0 Å². The summed E-state index contributed by atoms with van der Waals surface area (Å²) in [4.78, 5) is 11.8. The molecule has 0 spiro atoms. The molecule has 2 N–H and O–H groups in total. The molecule has 0 saturated carbocycles. The molecule has 1 atom stereocenters. The summed E-state index contributed by atoms with van der Waals surface area (Å²) in [6.07, 6.45) is 2.19. The Morgan fingerprint density at radius 2 is 2.29 bits per heavy atom. The normalized spacial score (nSPS) is 12.7. The summed E-state index contributed by atoms with van der Waals surface area (Å²) >= 11 is 3.34. The summed E-state index contributed by atoms with van der Waals surface area (Å²) < 4.78 is 2.39. The van der Waals surface area contributed by atoms with Crippen molar-refractivity contribution >= 4 is 15.9 Å². The van der Waals surface area contributed by atoms with E-state index in [-0.39, 0.29) is 5.56 Å². The number of nitrogens with one attached hydrogen (secondary N) is 1. The zero-order valence-corrected chi connectivity index (χ0v) is 11.8. The van der Waals surface area contributed by atoms with Crippen LogP contribution in [-0.2, 0) is 6.54 Å². The van der Waals surface area contributed by atoms with Crippen LogP contribution in [0.25, 0.3) is 0 Å². The first-order chi connectivity index (χ1) is 8.04. The van der Waals surface area contributed by atoms with E-state index in [0.717, 1.165) is 17.4 Å². The lowest BCUT2D eigenvalue weighted by Crippen LogP contribution is -2.34. The van der Waals surface area contributed by atoms with Gasteiger partial charge < -0.3 is 15.0 Å². The first kappa shape index (κ1) is 14.4. The Morgan fingerprint density at radius 3 is 2.94 bits per heavy atom. The number of nitrogens with zero attached hydrogens (tertiary/aromatic N) is 1. The minimum Gasteiger partial charge on any atom is -0.390 e. The molecule has 0 aromatic carbocycles. The van der Waals surface area contributed by atoms with Crippen LogP contribution in [0.3, 0.4) is 0 Å².